The number of nitrogens with one attached hydrogen (secondary N) is 1. The first kappa shape index (κ1) is 12.1. The summed E-state index contributed by atoms with van der Waals surface area (Å²) in [5.74, 6) is 0. The summed E-state index contributed by atoms with van der Waals surface area (Å²) >= 11 is 6.62. The van der Waals surface area contributed by atoms with Crippen LogP contribution in [0.2, 0.25) is 5.02 Å². The van der Waals surface area contributed by atoms with Gasteiger partial charge in [-0.1, -0.05) is 22.9 Å². The first-order valence-electron chi connectivity index (χ1n) is 4.35. The molecule has 0 fully saturated rings. The Kier molecular flexibility index (Phi) is 3.18. The smallest absolute Gasteiger partial charge is 0.263 e. The number of halogens is 1. The fourth-order valence-corrected chi connectivity index (χ4v) is 2.93. The van der Waals surface area contributed by atoms with Crippen molar-refractivity contribution in [1.29, 1.82) is 0 Å². The van der Waals surface area contributed by atoms with Crippen LogP contribution in [0, 0.1) is 0 Å². The van der Waals surface area contributed by atoms with Crippen LogP contribution in [0.4, 0.5) is 10.3 Å². The van der Waals surface area contributed by atoms with Gasteiger partial charge in [-0.2, -0.15) is 0 Å². The molecule has 0 unspecified atom stereocenters. The van der Waals surface area contributed by atoms with Crippen LogP contribution in [0.5, 0.6) is 0 Å². The Morgan fingerprint density at radius 1 is 1.24 bits per heavy atom. The molecule has 2 rings (SSSR count). The number of hydrogen-bond acceptors (Lipinski definition) is 6. The number of aromatic nitrogens is 2. The average molecular weight is 291 g/mol. The Morgan fingerprint density at radius 3 is 2.41 bits per heavy atom. The monoisotopic (exact) mass is 290 g/mol. The number of nitrogens with two attached hydrogens (primary N) is 1. The first-order chi connectivity index (χ1) is 7.97. The maximum atomic E-state index is 11.9. The average Bonchev–Trinajstić information content (AvgIpc) is 2.63. The van der Waals surface area contributed by atoms with E-state index >= 15 is 0 Å². The first-order valence-corrected chi connectivity index (χ1v) is 7.02. The zero-order chi connectivity index (χ0) is 12.5. The summed E-state index contributed by atoms with van der Waals surface area (Å²) in [5.41, 5.74) is 5.35. The van der Waals surface area contributed by atoms with Crippen molar-refractivity contribution in [1.82, 2.24) is 10.2 Å². The van der Waals surface area contributed by atoms with Gasteiger partial charge in [0.2, 0.25) is 10.3 Å². The zero-order valence-corrected chi connectivity index (χ0v) is 10.7. The minimum absolute atomic E-state index is 0.0932. The van der Waals surface area contributed by atoms with E-state index in [0.717, 1.165) is 11.3 Å². The molecule has 0 bridgehead atoms. The van der Waals surface area contributed by atoms with E-state index in [2.05, 4.69) is 14.9 Å². The lowest BCUT2D eigenvalue weighted by molar-refractivity contribution is 0.601. The summed E-state index contributed by atoms with van der Waals surface area (Å²) in [7, 11) is -3.67. The van der Waals surface area contributed by atoms with Crippen molar-refractivity contribution in [3.63, 3.8) is 0 Å². The Bertz CT molecular complexity index is 623. The molecule has 0 saturated carbocycles. The lowest BCUT2D eigenvalue weighted by Crippen LogP contribution is -2.12. The lowest BCUT2D eigenvalue weighted by atomic mass is 10.4. The van der Waals surface area contributed by atoms with Gasteiger partial charge in [0, 0.05) is 5.02 Å². The molecule has 90 valence electrons. The molecule has 3 N–H and O–H groups in total. The summed E-state index contributed by atoms with van der Waals surface area (Å²) < 4.78 is 26.0. The van der Waals surface area contributed by atoms with Gasteiger partial charge in [0.15, 0.2) is 0 Å². The zero-order valence-electron chi connectivity index (χ0n) is 8.29. The number of nitrogens with zero attached hydrogens (tertiary/aromatic N) is 2. The van der Waals surface area contributed by atoms with Gasteiger partial charge in [0.25, 0.3) is 10.0 Å². The molecule has 0 saturated heterocycles. The van der Waals surface area contributed by atoms with E-state index in [0.29, 0.717) is 5.02 Å². The van der Waals surface area contributed by atoms with Crippen molar-refractivity contribution in [2.24, 2.45) is 0 Å². The molecule has 0 spiro atoms. The topological polar surface area (TPSA) is 98.0 Å². The minimum atomic E-state index is -3.67. The third-order valence-electron chi connectivity index (χ3n) is 1.79. The second-order valence-electron chi connectivity index (χ2n) is 3.00. The highest BCUT2D eigenvalue weighted by Crippen LogP contribution is 2.21. The number of sulfonamides is 1. The van der Waals surface area contributed by atoms with E-state index in [4.69, 9.17) is 17.3 Å². The van der Waals surface area contributed by atoms with Crippen LogP contribution < -0.4 is 10.5 Å². The van der Waals surface area contributed by atoms with Gasteiger partial charge < -0.3 is 5.73 Å². The molecular formula is C8H7ClN4O2S2. The van der Waals surface area contributed by atoms with Gasteiger partial charge >= 0.3 is 0 Å². The fraction of sp³-hybridized carbons (Fsp3) is 0. The molecule has 0 atom stereocenters. The quantitative estimate of drug-likeness (QED) is 0.894. The van der Waals surface area contributed by atoms with E-state index in [9.17, 15) is 8.42 Å². The second kappa shape index (κ2) is 4.47. The van der Waals surface area contributed by atoms with E-state index in [1.165, 1.54) is 24.3 Å². The highest BCUT2D eigenvalue weighted by atomic mass is 35.5. The highest BCUT2D eigenvalue weighted by Gasteiger charge is 2.16. The molecule has 1 heterocycles. The van der Waals surface area contributed by atoms with Crippen LogP contribution in [0.25, 0.3) is 0 Å². The third kappa shape index (κ3) is 2.84. The van der Waals surface area contributed by atoms with Gasteiger partial charge in [-0.25, -0.2) is 8.42 Å². The SMILES string of the molecule is Nc1nnc(NS(=O)(=O)c2ccc(Cl)cc2)s1. The molecule has 9 heteroatoms. The number of rotatable bonds is 3. The van der Waals surface area contributed by atoms with Crippen LogP contribution in [0.1, 0.15) is 0 Å². The standard InChI is InChI=1S/C8H7ClN4O2S2/c9-5-1-3-6(4-2-5)17(14,15)13-8-12-11-7(10)16-8/h1-4H,(H2,10,11)(H,12,13). The number of nitrogen functional groups attached to an aromatic ring is 1. The van der Waals surface area contributed by atoms with Crippen molar-refractivity contribution in [3.05, 3.63) is 29.3 Å². The summed E-state index contributed by atoms with van der Waals surface area (Å²) in [6.07, 6.45) is 0. The van der Waals surface area contributed by atoms with Crippen molar-refractivity contribution >= 4 is 43.2 Å². The third-order valence-corrected chi connectivity index (χ3v) is 4.19. The lowest BCUT2D eigenvalue weighted by Gasteiger charge is -2.03. The second-order valence-corrected chi connectivity index (χ2v) is 6.13. The van der Waals surface area contributed by atoms with E-state index in [1.54, 1.807) is 0 Å². The van der Waals surface area contributed by atoms with Gasteiger partial charge in [-0.3, -0.25) is 4.72 Å². The van der Waals surface area contributed by atoms with Crippen molar-refractivity contribution in [2.75, 3.05) is 10.5 Å². The van der Waals surface area contributed by atoms with Gasteiger partial charge in [0.1, 0.15) is 0 Å². The molecule has 1 aromatic carbocycles. The molecule has 1 aromatic heterocycles. The summed E-state index contributed by atoms with van der Waals surface area (Å²) in [6, 6.07) is 5.78. The van der Waals surface area contributed by atoms with Gasteiger partial charge in [-0.15, -0.1) is 10.2 Å². The highest BCUT2D eigenvalue weighted by molar-refractivity contribution is 7.93. The van der Waals surface area contributed by atoms with E-state index < -0.39 is 10.0 Å². The van der Waals surface area contributed by atoms with E-state index in [1.807, 2.05) is 0 Å². The van der Waals surface area contributed by atoms with Gasteiger partial charge in [0.05, 0.1) is 4.90 Å². The van der Waals surface area contributed by atoms with E-state index in [-0.39, 0.29) is 15.2 Å². The molecule has 6 nitrogen and oxygen atoms in total. The predicted octanol–water partition coefficient (Wildman–Crippen LogP) is 1.57. The summed E-state index contributed by atoms with van der Waals surface area (Å²) in [4.78, 5) is 0.0932. The molecule has 0 aliphatic rings. The maximum absolute atomic E-state index is 11.9. The number of anilines is 2. The van der Waals surface area contributed by atoms with Crippen LogP contribution >= 0.6 is 22.9 Å². The largest absolute Gasteiger partial charge is 0.374 e. The summed E-state index contributed by atoms with van der Waals surface area (Å²) in [5, 5.41) is 7.86. The normalized spacial score (nSPS) is 11.4. The van der Waals surface area contributed by atoms with Crippen LogP contribution in [-0.4, -0.2) is 18.6 Å². The molecule has 0 radical (unpaired) electrons. The predicted molar refractivity (Wildman–Crippen MR) is 66.6 cm³/mol. The fourth-order valence-electron chi connectivity index (χ4n) is 1.06. The van der Waals surface area contributed by atoms with Gasteiger partial charge in [-0.05, 0) is 24.3 Å². The molecule has 0 aliphatic heterocycles. The Balaban J connectivity index is 2.28. The van der Waals surface area contributed by atoms with Crippen molar-refractivity contribution in [2.45, 2.75) is 4.90 Å². The molecule has 0 amide bonds. The molecule has 0 aliphatic carbocycles. The Morgan fingerprint density at radius 2 is 1.88 bits per heavy atom. The van der Waals surface area contributed by atoms with Crippen molar-refractivity contribution in [3.8, 4) is 0 Å². The van der Waals surface area contributed by atoms with Crippen LogP contribution in [-0.2, 0) is 10.0 Å². The van der Waals surface area contributed by atoms with Crippen LogP contribution in [0.15, 0.2) is 29.2 Å². The van der Waals surface area contributed by atoms with Crippen molar-refractivity contribution < 1.29 is 8.42 Å². The molecule has 17 heavy (non-hydrogen) atoms. The Hall–Kier alpha value is -1.38. The maximum Gasteiger partial charge on any atom is 0.263 e. The molecule has 2 aromatic rings. The molecular weight excluding hydrogens is 284 g/mol. The Labute approximate surface area is 106 Å². The number of benzene rings is 1. The minimum Gasteiger partial charge on any atom is -0.374 e. The number of hydrogen-bond donors (Lipinski definition) is 2. The van der Waals surface area contributed by atoms with Crippen LogP contribution in [0.3, 0.4) is 0 Å². The summed E-state index contributed by atoms with van der Waals surface area (Å²) in [6.45, 7) is 0.